The van der Waals surface area contributed by atoms with Crippen LogP contribution in [0.4, 0.5) is 5.69 Å². The fraction of sp³-hybridized carbons (Fsp3) is 0.600. The summed E-state index contributed by atoms with van der Waals surface area (Å²) < 4.78 is 18.0. The predicted molar refractivity (Wildman–Crippen MR) is 119 cm³/mol. The smallest absolute Gasteiger partial charge is 0.339 e. The molecule has 0 amide bonds. The standard InChI is InChI=1S/C25H33NO5/c1-14-9-10-19(27)23-20(30-25(4,5)31-23)8-6-7-18-21(24(28)29-16(14)3)15(2)13-17-11-12-26-22(17)18/h9-10,12-14,16,19-20,23,27H,6-8,11H2,1-5H3/b10-9-/t14-,16+,19?,20+,23-/m1/s1. The highest BCUT2D eigenvalue weighted by molar-refractivity contribution is 5.96. The van der Waals surface area contributed by atoms with E-state index < -0.39 is 18.0 Å². The summed E-state index contributed by atoms with van der Waals surface area (Å²) in [7, 11) is 0. The summed E-state index contributed by atoms with van der Waals surface area (Å²) in [4.78, 5) is 17.8. The van der Waals surface area contributed by atoms with Crippen molar-refractivity contribution in [3.05, 3.63) is 40.5 Å². The molecule has 6 nitrogen and oxygen atoms in total. The van der Waals surface area contributed by atoms with Gasteiger partial charge in [0.05, 0.1) is 17.4 Å². The highest BCUT2D eigenvalue weighted by Crippen LogP contribution is 2.37. The van der Waals surface area contributed by atoms with Gasteiger partial charge in [-0.2, -0.15) is 0 Å². The molecule has 0 saturated carbocycles. The van der Waals surface area contributed by atoms with Gasteiger partial charge in [0.2, 0.25) is 0 Å². The molecule has 31 heavy (non-hydrogen) atoms. The average Bonchev–Trinajstić information content (AvgIpc) is 3.28. The number of aryl methyl sites for hydroxylation is 1. The van der Waals surface area contributed by atoms with Crippen LogP contribution >= 0.6 is 0 Å². The zero-order valence-electron chi connectivity index (χ0n) is 19.1. The van der Waals surface area contributed by atoms with Gasteiger partial charge in [0.25, 0.3) is 0 Å². The number of carbonyl (C=O) groups excluding carboxylic acids is 1. The van der Waals surface area contributed by atoms with E-state index in [1.54, 1.807) is 6.08 Å². The molecule has 0 radical (unpaired) electrons. The number of carbonyl (C=O) groups is 1. The van der Waals surface area contributed by atoms with Crippen LogP contribution in [-0.2, 0) is 27.1 Å². The van der Waals surface area contributed by atoms with Gasteiger partial charge in [-0.25, -0.2) is 4.79 Å². The first-order valence-electron chi connectivity index (χ1n) is 11.3. The summed E-state index contributed by atoms with van der Waals surface area (Å²) in [5.74, 6) is -1.11. The minimum atomic E-state index is -0.788. The number of nitrogens with zero attached hydrogens (tertiary/aromatic N) is 1. The molecule has 0 aromatic heterocycles. The van der Waals surface area contributed by atoms with Crippen LogP contribution in [0.25, 0.3) is 0 Å². The lowest BCUT2D eigenvalue weighted by Crippen LogP contribution is -2.34. The molecule has 1 N–H and O–H groups in total. The van der Waals surface area contributed by atoms with Crippen LogP contribution in [0.2, 0.25) is 0 Å². The van der Waals surface area contributed by atoms with E-state index in [1.165, 1.54) is 0 Å². The van der Waals surface area contributed by atoms with Crippen molar-refractivity contribution in [2.75, 3.05) is 0 Å². The van der Waals surface area contributed by atoms with Crippen molar-refractivity contribution in [3.63, 3.8) is 0 Å². The van der Waals surface area contributed by atoms with E-state index in [4.69, 9.17) is 14.2 Å². The lowest BCUT2D eigenvalue weighted by atomic mass is 9.91. The van der Waals surface area contributed by atoms with E-state index in [0.717, 1.165) is 35.2 Å². The van der Waals surface area contributed by atoms with Crippen LogP contribution in [0, 0.1) is 12.8 Å². The van der Waals surface area contributed by atoms with Crippen LogP contribution in [0.5, 0.6) is 0 Å². The maximum Gasteiger partial charge on any atom is 0.339 e. The van der Waals surface area contributed by atoms with Crippen molar-refractivity contribution in [1.29, 1.82) is 0 Å². The normalized spacial score (nSPS) is 33.7. The van der Waals surface area contributed by atoms with Crippen molar-refractivity contribution in [2.24, 2.45) is 10.9 Å². The molecule has 0 spiro atoms. The predicted octanol–water partition coefficient (Wildman–Crippen LogP) is 4.21. The second-order valence-corrected chi connectivity index (χ2v) is 9.45. The number of fused-ring (bicyclic) bond motifs is 4. The fourth-order valence-electron chi connectivity index (χ4n) is 4.78. The molecule has 1 aromatic carbocycles. The van der Waals surface area contributed by atoms with E-state index in [2.05, 4.69) is 11.1 Å². The summed E-state index contributed by atoms with van der Waals surface area (Å²) >= 11 is 0. The maximum absolute atomic E-state index is 13.2. The number of cyclic esters (lactones) is 1. The van der Waals surface area contributed by atoms with Gasteiger partial charge >= 0.3 is 5.97 Å². The quantitative estimate of drug-likeness (QED) is 0.496. The first-order chi connectivity index (χ1) is 14.7. The Labute approximate surface area is 184 Å². The number of esters is 1. The lowest BCUT2D eigenvalue weighted by Gasteiger charge is -2.24. The van der Waals surface area contributed by atoms with E-state index in [1.807, 2.05) is 46.9 Å². The largest absolute Gasteiger partial charge is 0.458 e. The Morgan fingerprint density at radius 3 is 2.74 bits per heavy atom. The van der Waals surface area contributed by atoms with Gasteiger partial charge < -0.3 is 19.3 Å². The van der Waals surface area contributed by atoms with E-state index >= 15 is 0 Å². The Kier molecular flexibility index (Phi) is 6.08. The summed E-state index contributed by atoms with van der Waals surface area (Å²) in [5.41, 5.74) is 4.59. The third kappa shape index (κ3) is 4.47. The molecule has 3 heterocycles. The van der Waals surface area contributed by atoms with Crippen molar-refractivity contribution >= 4 is 17.9 Å². The highest BCUT2D eigenvalue weighted by Gasteiger charge is 2.44. The van der Waals surface area contributed by atoms with Gasteiger partial charge in [0, 0.05) is 18.6 Å². The Hall–Kier alpha value is -2.02. The molecular weight excluding hydrogens is 394 g/mol. The minimum absolute atomic E-state index is 0.0634. The minimum Gasteiger partial charge on any atom is -0.458 e. The van der Waals surface area contributed by atoms with Crippen molar-refractivity contribution in [2.45, 2.75) is 90.5 Å². The van der Waals surface area contributed by atoms with Gasteiger partial charge in [0.1, 0.15) is 18.3 Å². The van der Waals surface area contributed by atoms with E-state index in [9.17, 15) is 9.90 Å². The SMILES string of the molecule is Cc1cc2c(c3c1C(=O)O[C@@H](C)[C@H](C)/C=C\C(O)[C@H]1OC(C)(C)O[C@H]1CCC3)N=CC2. The number of aliphatic imine (C=N–C) groups is 1. The van der Waals surface area contributed by atoms with Crippen LogP contribution in [-0.4, -0.2) is 47.5 Å². The lowest BCUT2D eigenvalue weighted by molar-refractivity contribution is -0.152. The van der Waals surface area contributed by atoms with Crippen LogP contribution in [0.3, 0.4) is 0 Å². The van der Waals surface area contributed by atoms with Crippen LogP contribution in [0.15, 0.2) is 23.2 Å². The Bertz CT molecular complexity index is 919. The summed E-state index contributed by atoms with van der Waals surface area (Å²) in [5, 5.41) is 10.8. The monoisotopic (exact) mass is 427 g/mol. The second kappa shape index (κ2) is 8.49. The summed E-state index contributed by atoms with van der Waals surface area (Å²) in [6, 6.07) is 2.06. The van der Waals surface area contributed by atoms with Crippen molar-refractivity contribution < 1.29 is 24.1 Å². The summed E-state index contributed by atoms with van der Waals surface area (Å²) in [6.07, 6.45) is 6.74. The van der Waals surface area contributed by atoms with Gasteiger partial charge in [0.15, 0.2) is 5.79 Å². The number of aliphatic hydroxyl groups is 1. The molecule has 1 unspecified atom stereocenters. The Morgan fingerprint density at radius 1 is 1.19 bits per heavy atom. The van der Waals surface area contributed by atoms with E-state index in [0.29, 0.717) is 18.4 Å². The van der Waals surface area contributed by atoms with Gasteiger partial charge in [-0.1, -0.05) is 25.1 Å². The number of ether oxygens (including phenoxy) is 3. The number of aliphatic hydroxyl groups excluding tert-OH is 1. The first-order valence-corrected chi connectivity index (χ1v) is 11.3. The third-order valence-corrected chi connectivity index (χ3v) is 6.53. The Morgan fingerprint density at radius 2 is 1.97 bits per heavy atom. The van der Waals surface area contributed by atoms with Crippen LogP contribution < -0.4 is 0 Å². The number of benzene rings is 1. The second-order valence-electron chi connectivity index (χ2n) is 9.45. The molecule has 5 atom stereocenters. The first kappa shape index (κ1) is 22.2. The fourth-order valence-corrected chi connectivity index (χ4v) is 4.78. The maximum atomic E-state index is 13.2. The molecule has 3 aliphatic heterocycles. The molecule has 4 rings (SSSR count). The van der Waals surface area contributed by atoms with Gasteiger partial charge in [-0.3, -0.25) is 4.99 Å². The molecule has 0 bridgehead atoms. The molecule has 3 aliphatic rings. The highest BCUT2D eigenvalue weighted by atomic mass is 16.8. The van der Waals surface area contributed by atoms with Crippen molar-refractivity contribution in [3.8, 4) is 0 Å². The van der Waals surface area contributed by atoms with Crippen LogP contribution in [0.1, 0.15) is 67.6 Å². The molecule has 0 aliphatic carbocycles. The zero-order chi connectivity index (χ0) is 22.3. The zero-order valence-corrected chi connectivity index (χ0v) is 19.1. The van der Waals surface area contributed by atoms with Gasteiger partial charge in [-0.15, -0.1) is 0 Å². The molecule has 1 aromatic rings. The summed E-state index contributed by atoms with van der Waals surface area (Å²) in [6.45, 7) is 9.58. The molecule has 1 fully saturated rings. The topological polar surface area (TPSA) is 77.4 Å². The molecule has 1 saturated heterocycles. The number of hydrogen-bond donors (Lipinski definition) is 1. The van der Waals surface area contributed by atoms with Crippen molar-refractivity contribution in [1.82, 2.24) is 0 Å². The average molecular weight is 428 g/mol. The third-order valence-electron chi connectivity index (χ3n) is 6.53. The van der Waals surface area contributed by atoms with Gasteiger partial charge in [-0.05, 0) is 63.6 Å². The molecular formula is C25H33NO5. The Balaban J connectivity index is 1.72. The molecule has 6 heteroatoms. The van der Waals surface area contributed by atoms with E-state index in [-0.39, 0.29) is 24.1 Å². The number of hydrogen-bond acceptors (Lipinski definition) is 6. The number of rotatable bonds is 0. The molecule has 168 valence electrons.